The Labute approximate surface area is 41.6 Å². The van der Waals surface area contributed by atoms with Crippen molar-refractivity contribution in [1.29, 1.82) is 0 Å². The van der Waals surface area contributed by atoms with E-state index in [1.165, 1.54) is 0 Å². The van der Waals surface area contributed by atoms with Crippen molar-refractivity contribution in [3.63, 3.8) is 0 Å². The van der Waals surface area contributed by atoms with Crippen LogP contribution in [-0.2, 0) is 3.10 Å². The van der Waals surface area contributed by atoms with Crippen LogP contribution in [-0.4, -0.2) is 27.9 Å². The first-order valence-electron chi connectivity index (χ1n) is 1.43. The molecular weight excluding hydrogens is 180 g/mol. The van der Waals surface area contributed by atoms with Gasteiger partial charge in [0.1, 0.15) is 0 Å². The summed E-state index contributed by atoms with van der Waals surface area (Å²) in [6.45, 7) is 0.877. The monoisotopic (exact) mass is 186 g/mol. The van der Waals surface area contributed by atoms with Gasteiger partial charge in [0.05, 0.1) is 0 Å². The van der Waals surface area contributed by atoms with Crippen molar-refractivity contribution in [1.82, 2.24) is 0 Å². The van der Waals surface area contributed by atoms with Crippen LogP contribution in [0.15, 0.2) is 10.2 Å². The van der Waals surface area contributed by atoms with Gasteiger partial charge in [0.15, 0.2) is 0 Å². The van der Waals surface area contributed by atoms with Crippen molar-refractivity contribution < 1.29 is 3.10 Å². The summed E-state index contributed by atoms with van der Waals surface area (Å²) in [6.07, 6.45) is 2.07. The third kappa shape index (κ3) is 0.923. The zero-order chi connectivity index (χ0) is 3.54. The van der Waals surface area contributed by atoms with E-state index in [0.717, 1.165) is 6.61 Å². The van der Waals surface area contributed by atoms with Crippen LogP contribution in [0, 0.1) is 0 Å². The van der Waals surface area contributed by atoms with Gasteiger partial charge in [-0.05, 0) is 0 Å². The van der Waals surface area contributed by atoms with Crippen molar-refractivity contribution in [2.75, 3.05) is 6.61 Å². The van der Waals surface area contributed by atoms with E-state index in [-0.39, 0.29) is 21.3 Å². The molecule has 0 unspecified atom stereocenters. The molecule has 0 atom stereocenters. The van der Waals surface area contributed by atoms with Gasteiger partial charge in [-0.15, -0.1) is 0 Å². The standard InChI is InChI=1S/C3H4OTe/c1-2-4-5-3-1/h1,3H,2H2. The average Bonchev–Trinajstić information content (AvgIpc) is 1.76. The maximum absolute atomic E-state index is 4.96. The molecule has 0 N–H and O–H groups in total. The second-order valence-corrected chi connectivity index (χ2v) is 2.75. The third-order valence-corrected chi connectivity index (χ3v) is 2.03. The predicted molar refractivity (Wildman–Crippen MR) is 20.8 cm³/mol. The van der Waals surface area contributed by atoms with E-state index in [2.05, 4.69) is 10.2 Å². The van der Waals surface area contributed by atoms with Crippen molar-refractivity contribution >= 4 is 21.3 Å². The van der Waals surface area contributed by atoms with Crippen molar-refractivity contribution in [3.8, 4) is 0 Å². The van der Waals surface area contributed by atoms with E-state index in [4.69, 9.17) is 3.10 Å². The molecule has 2 heteroatoms. The Kier molecular flexibility index (Phi) is 1.33. The van der Waals surface area contributed by atoms with Crippen molar-refractivity contribution in [2.24, 2.45) is 0 Å². The summed E-state index contributed by atoms with van der Waals surface area (Å²) in [5.41, 5.74) is 0. The van der Waals surface area contributed by atoms with Gasteiger partial charge < -0.3 is 0 Å². The Morgan fingerprint density at radius 3 is 3.00 bits per heavy atom. The van der Waals surface area contributed by atoms with Crippen LogP contribution >= 0.6 is 0 Å². The van der Waals surface area contributed by atoms with Gasteiger partial charge in [-0.2, -0.15) is 0 Å². The maximum atomic E-state index is 4.96. The molecule has 0 saturated carbocycles. The zero-order valence-corrected chi connectivity index (χ0v) is 5.01. The van der Waals surface area contributed by atoms with E-state index >= 15 is 0 Å². The molecule has 0 saturated heterocycles. The van der Waals surface area contributed by atoms with Crippen LogP contribution in [0.25, 0.3) is 0 Å². The first-order valence-corrected chi connectivity index (χ1v) is 3.73. The van der Waals surface area contributed by atoms with Gasteiger partial charge in [-0.3, -0.25) is 0 Å². The molecule has 1 nitrogen and oxygen atoms in total. The Bertz CT molecular complexity index is 44.9. The Morgan fingerprint density at radius 2 is 2.80 bits per heavy atom. The molecular formula is C3H4OTe. The average molecular weight is 184 g/mol. The quantitative estimate of drug-likeness (QED) is 0.486. The van der Waals surface area contributed by atoms with Crippen LogP contribution in [0.5, 0.6) is 0 Å². The summed E-state index contributed by atoms with van der Waals surface area (Å²) < 4.78 is 7.11. The van der Waals surface area contributed by atoms with Crippen LogP contribution in [0.2, 0.25) is 0 Å². The van der Waals surface area contributed by atoms with E-state index in [9.17, 15) is 0 Å². The van der Waals surface area contributed by atoms with Crippen LogP contribution in [0.4, 0.5) is 0 Å². The Balaban J connectivity index is 2.32. The molecule has 0 spiro atoms. The first kappa shape index (κ1) is 3.67. The molecule has 1 aliphatic rings. The molecule has 0 fully saturated rings. The van der Waals surface area contributed by atoms with E-state index in [0.29, 0.717) is 0 Å². The number of rotatable bonds is 0. The molecule has 1 aliphatic heterocycles. The van der Waals surface area contributed by atoms with Crippen LogP contribution in [0.1, 0.15) is 0 Å². The molecule has 0 aromatic heterocycles. The Morgan fingerprint density at radius 1 is 1.80 bits per heavy atom. The minimum absolute atomic E-state index is 0.0761. The second-order valence-electron chi connectivity index (χ2n) is 0.753. The van der Waals surface area contributed by atoms with Gasteiger partial charge in [-0.25, -0.2) is 0 Å². The fraction of sp³-hybridized carbons (Fsp3) is 0.333. The fourth-order valence-corrected chi connectivity index (χ4v) is 1.32. The molecule has 0 aromatic carbocycles. The number of hydrogen-bond acceptors (Lipinski definition) is 1. The molecule has 0 amide bonds. The van der Waals surface area contributed by atoms with Gasteiger partial charge in [0, 0.05) is 0 Å². The van der Waals surface area contributed by atoms with E-state index < -0.39 is 0 Å². The topological polar surface area (TPSA) is 9.23 Å². The zero-order valence-electron chi connectivity index (χ0n) is 2.68. The molecule has 1 heterocycles. The number of hydrogen-bond donors (Lipinski definition) is 0. The molecule has 0 bridgehead atoms. The van der Waals surface area contributed by atoms with E-state index in [1.54, 1.807) is 0 Å². The molecule has 0 aliphatic carbocycles. The fourth-order valence-electron chi connectivity index (χ4n) is 0.196. The molecule has 0 radical (unpaired) electrons. The predicted octanol–water partition coefficient (Wildman–Crippen LogP) is 0.149. The summed E-state index contributed by atoms with van der Waals surface area (Å²) in [7, 11) is 0. The molecule has 0 aromatic rings. The van der Waals surface area contributed by atoms with Gasteiger partial charge >= 0.3 is 41.2 Å². The Hall–Kier alpha value is 0.490. The summed E-state index contributed by atoms with van der Waals surface area (Å²) in [5, 5.41) is 0. The van der Waals surface area contributed by atoms with Crippen LogP contribution < -0.4 is 0 Å². The summed E-state index contributed by atoms with van der Waals surface area (Å²) in [6, 6.07) is 0. The molecule has 1 rings (SSSR count). The van der Waals surface area contributed by atoms with Crippen molar-refractivity contribution in [3.05, 3.63) is 10.2 Å². The minimum atomic E-state index is -0.0761. The van der Waals surface area contributed by atoms with Gasteiger partial charge in [0.2, 0.25) is 0 Å². The summed E-state index contributed by atoms with van der Waals surface area (Å²) in [5.74, 6) is 0. The second kappa shape index (κ2) is 1.81. The summed E-state index contributed by atoms with van der Waals surface area (Å²) in [4.78, 5) is 0. The normalized spacial score (nSPS) is 20.8. The van der Waals surface area contributed by atoms with Gasteiger partial charge in [-0.1, -0.05) is 0 Å². The SMILES string of the molecule is C1=C[Te]OC1. The first-order chi connectivity index (χ1) is 2.50. The van der Waals surface area contributed by atoms with Gasteiger partial charge in [0.25, 0.3) is 0 Å². The molecule has 28 valence electrons. The third-order valence-electron chi connectivity index (χ3n) is 0.384. The van der Waals surface area contributed by atoms with Crippen LogP contribution in [0.3, 0.4) is 0 Å². The molecule has 5 heavy (non-hydrogen) atoms. The van der Waals surface area contributed by atoms with Crippen molar-refractivity contribution in [2.45, 2.75) is 0 Å². The van der Waals surface area contributed by atoms with E-state index in [1.807, 2.05) is 0 Å². The summed E-state index contributed by atoms with van der Waals surface area (Å²) >= 11 is -0.0761.